The van der Waals surface area contributed by atoms with Crippen molar-refractivity contribution in [2.45, 2.75) is 34.1 Å². The molecule has 0 aliphatic carbocycles. The quantitative estimate of drug-likeness (QED) is 0.810. The third kappa shape index (κ3) is 4.02. The molecule has 0 spiro atoms. The predicted octanol–water partition coefficient (Wildman–Crippen LogP) is 3.42. The molecule has 1 rings (SSSR count). The number of rotatable bonds is 3. The SMILES string of the molecule is CC(CC(=O)Nc1ccc(N)c(F)c1)C(C)(C)C. The van der Waals surface area contributed by atoms with E-state index in [0.717, 1.165) is 0 Å². The summed E-state index contributed by atoms with van der Waals surface area (Å²) in [6.45, 7) is 8.30. The van der Waals surface area contributed by atoms with E-state index in [1.807, 2.05) is 6.92 Å². The Morgan fingerprint density at radius 3 is 2.56 bits per heavy atom. The molecule has 1 aromatic carbocycles. The van der Waals surface area contributed by atoms with Gasteiger partial charge in [0.25, 0.3) is 0 Å². The zero-order chi connectivity index (χ0) is 13.9. The Balaban J connectivity index is 2.62. The summed E-state index contributed by atoms with van der Waals surface area (Å²) in [6, 6.07) is 4.27. The van der Waals surface area contributed by atoms with Crippen LogP contribution >= 0.6 is 0 Å². The van der Waals surface area contributed by atoms with Crippen molar-refractivity contribution in [3.8, 4) is 0 Å². The second kappa shape index (κ2) is 5.38. The lowest BCUT2D eigenvalue weighted by molar-refractivity contribution is -0.117. The van der Waals surface area contributed by atoms with Crippen LogP contribution < -0.4 is 11.1 Å². The molecule has 1 atom stereocenters. The molecular formula is C14H21FN2O. The van der Waals surface area contributed by atoms with E-state index in [2.05, 4.69) is 26.1 Å². The van der Waals surface area contributed by atoms with Crippen LogP contribution in [0.15, 0.2) is 18.2 Å². The van der Waals surface area contributed by atoms with Crippen LogP contribution in [0.3, 0.4) is 0 Å². The van der Waals surface area contributed by atoms with Crippen LogP contribution in [0.5, 0.6) is 0 Å². The number of carbonyl (C=O) groups is 1. The van der Waals surface area contributed by atoms with Crippen molar-refractivity contribution in [1.29, 1.82) is 0 Å². The number of anilines is 2. The highest BCUT2D eigenvalue weighted by atomic mass is 19.1. The van der Waals surface area contributed by atoms with Gasteiger partial charge in [-0.25, -0.2) is 4.39 Å². The van der Waals surface area contributed by atoms with Crippen molar-refractivity contribution in [1.82, 2.24) is 0 Å². The van der Waals surface area contributed by atoms with E-state index in [0.29, 0.717) is 12.1 Å². The van der Waals surface area contributed by atoms with Crippen LogP contribution in [-0.4, -0.2) is 5.91 Å². The molecule has 0 heterocycles. The lowest BCUT2D eigenvalue weighted by Gasteiger charge is -2.26. The average molecular weight is 252 g/mol. The monoisotopic (exact) mass is 252 g/mol. The van der Waals surface area contributed by atoms with Gasteiger partial charge in [-0.15, -0.1) is 0 Å². The van der Waals surface area contributed by atoms with Crippen molar-refractivity contribution in [2.75, 3.05) is 11.1 Å². The lowest BCUT2D eigenvalue weighted by atomic mass is 9.80. The van der Waals surface area contributed by atoms with Gasteiger partial charge in [0.1, 0.15) is 5.82 Å². The minimum absolute atomic E-state index is 0.0731. The summed E-state index contributed by atoms with van der Waals surface area (Å²) in [5.41, 5.74) is 5.96. The maximum Gasteiger partial charge on any atom is 0.224 e. The number of hydrogen-bond acceptors (Lipinski definition) is 2. The molecule has 0 radical (unpaired) electrons. The van der Waals surface area contributed by atoms with Crippen molar-refractivity contribution in [3.05, 3.63) is 24.0 Å². The molecule has 0 saturated carbocycles. The fraction of sp³-hybridized carbons (Fsp3) is 0.500. The Morgan fingerprint density at radius 1 is 1.44 bits per heavy atom. The maximum absolute atomic E-state index is 13.2. The summed E-state index contributed by atoms with van der Waals surface area (Å²) in [7, 11) is 0. The Morgan fingerprint density at radius 2 is 2.06 bits per heavy atom. The first-order chi connectivity index (χ1) is 8.20. The van der Waals surface area contributed by atoms with Gasteiger partial charge in [-0.3, -0.25) is 4.79 Å². The zero-order valence-corrected chi connectivity index (χ0v) is 11.4. The maximum atomic E-state index is 13.2. The number of benzene rings is 1. The molecule has 0 aliphatic heterocycles. The Kier molecular flexibility index (Phi) is 4.33. The molecule has 0 bridgehead atoms. The first kappa shape index (κ1) is 14.5. The van der Waals surface area contributed by atoms with Gasteiger partial charge in [-0.05, 0) is 29.5 Å². The highest BCUT2D eigenvalue weighted by Crippen LogP contribution is 2.28. The normalized spacial score (nSPS) is 13.2. The summed E-state index contributed by atoms with van der Waals surface area (Å²) < 4.78 is 13.2. The predicted molar refractivity (Wildman–Crippen MR) is 72.7 cm³/mol. The van der Waals surface area contributed by atoms with Gasteiger partial charge >= 0.3 is 0 Å². The zero-order valence-electron chi connectivity index (χ0n) is 11.4. The number of hydrogen-bond donors (Lipinski definition) is 2. The minimum Gasteiger partial charge on any atom is -0.396 e. The highest BCUT2D eigenvalue weighted by molar-refractivity contribution is 5.91. The van der Waals surface area contributed by atoms with Gasteiger partial charge < -0.3 is 11.1 Å². The van der Waals surface area contributed by atoms with Crippen molar-refractivity contribution < 1.29 is 9.18 Å². The van der Waals surface area contributed by atoms with Crippen LogP contribution in [0.4, 0.5) is 15.8 Å². The molecule has 4 heteroatoms. The van der Waals surface area contributed by atoms with Crippen molar-refractivity contribution in [2.24, 2.45) is 11.3 Å². The number of nitrogen functional groups attached to an aromatic ring is 1. The lowest BCUT2D eigenvalue weighted by Crippen LogP contribution is -2.23. The third-order valence-electron chi connectivity index (χ3n) is 3.25. The molecule has 1 aromatic rings. The molecule has 3 N–H and O–H groups in total. The molecule has 100 valence electrons. The van der Waals surface area contributed by atoms with Gasteiger partial charge in [0.2, 0.25) is 5.91 Å². The van der Waals surface area contributed by atoms with Crippen LogP contribution in [0, 0.1) is 17.2 Å². The Bertz CT molecular complexity index is 438. The Labute approximate surface area is 108 Å². The van der Waals surface area contributed by atoms with Gasteiger partial charge in [0, 0.05) is 12.1 Å². The summed E-state index contributed by atoms with van der Waals surface area (Å²) in [6.07, 6.45) is 0.412. The standard InChI is InChI=1S/C14H21FN2O/c1-9(14(2,3)4)7-13(18)17-10-5-6-12(16)11(15)8-10/h5-6,8-9H,7,16H2,1-4H3,(H,17,18). The average Bonchev–Trinajstić information content (AvgIpc) is 2.22. The van der Waals surface area contributed by atoms with E-state index in [1.165, 1.54) is 12.1 Å². The topological polar surface area (TPSA) is 55.1 Å². The number of carbonyl (C=O) groups excluding carboxylic acids is 1. The van der Waals surface area contributed by atoms with Crippen LogP contribution in [0.25, 0.3) is 0 Å². The van der Waals surface area contributed by atoms with E-state index in [1.54, 1.807) is 6.07 Å². The molecule has 18 heavy (non-hydrogen) atoms. The van der Waals surface area contributed by atoms with E-state index in [-0.39, 0.29) is 22.9 Å². The second-order valence-corrected chi connectivity index (χ2v) is 5.76. The molecule has 1 unspecified atom stereocenters. The largest absolute Gasteiger partial charge is 0.396 e. The molecule has 0 aromatic heterocycles. The minimum atomic E-state index is -0.517. The van der Waals surface area contributed by atoms with Crippen LogP contribution in [0.1, 0.15) is 34.1 Å². The van der Waals surface area contributed by atoms with E-state index in [9.17, 15) is 9.18 Å². The summed E-state index contributed by atoms with van der Waals surface area (Å²) in [5, 5.41) is 2.68. The van der Waals surface area contributed by atoms with Crippen molar-refractivity contribution >= 4 is 17.3 Å². The first-order valence-corrected chi connectivity index (χ1v) is 6.05. The van der Waals surface area contributed by atoms with E-state index >= 15 is 0 Å². The molecule has 0 fully saturated rings. The summed E-state index contributed by atoms with van der Waals surface area (Å²) >= 11 is 0. The smallest absolute Gasteiger partial charge is 0.224 e. The molecule has 1 amide bonds. The van der Waals surface area contributed by atoms with E-state index in [4.69, 9.17) is 5.73 Å². The molecule has 0 saturated heterocycles. The summed E-state index contributed by atoms with van der Waals surface area (Å²) in [5.74, 6) is -0.380. The number of nitrogens with one attached hydrogen (secondary N) is 1. The Hall–Kier alpha value is -1.58. The fourth-order valence-electron chi connectivity index (χ4n) is 1.40. The van der Waals surface area contributed by atoms with Gasteiger partial charge in [0.15, 0.2) is 0 Å². The number of nitrogens with two attached hydrogens (primary N) is 1. The first-order valence-electron chi connectivity index (χ1n) is 6.05. The van der Waals surface area contributed by atoms with E-state index < -0.39 is 5.82 Å². The second-order valence-electron chi connectivity index (χ2n) is 5.76. The number of amides is 1. The van der Waals surface area contributed by atoms with Gasteiger partial charge in [-0.2, -0.15) is 0 Å². The van der Waals surface area contributed by atoms with Crippen LogP contribution in [-0.2, 0) is 4.79 Å². The molecular weight excluding hydrogens is 231 g/mol. The van der Waals surface area contributed by atoms with Gasteiger partial charge in [-0.1, -0.05) is 27.7 Å². The van der Waals surface area contributed by atoms with Gasteiger partial charge in [0.05, 0.1) is 5.69 Å². The van der Waals surface area contributed by atoms with Crippen molar-refractivity contribution in [3.63, 3.8) is 0 Å². The van der Waals surface area contributed by atoms with Crippen LogP contribution in [0.2, 0.25) is 0 Å². The summed E-state index contributed by atoms with van der Waals surface area (Å²) in [4.78, 5) is 11.8. The fourth-order valence-corrected chi connectivity index (χ4v) is 1.40. The number of halogens is 1. The highest BCUT2D eigenvalue weighted by Gasteiger charge is 2.22. The molecule has 0 aliphatic rings. The third-order valence-corrected chi connectivity index (χ3v) is 3.25. The molecule has 3 nitrogen and oxygen atoms in total.